The van der Waals surface area contributed by atoms with Gasteiger partial charge < -0.3 is 25.4 Å². The van der Waals surface area contributed by atoms with Crippen LogP contribution >= 0.6 is 27.7 Å². The van der Waals surface area contributed by atoms with Crippen LogP contribution in [0.4, 0.5) is 15.8 Å². The molecule has 3 N–H and O–H groups in total. The Balaban J connectivity index is 1.36. The molecule has 1 unspecified atom stereocenters. The van der Waals surface area contributed by atoms with Crippen molar-refractivity contribution >= 4 is 62.9 Å². The number of methoxy groups -OCH3 is 2. The fourth-order valence-electron chi connectivity index (χ4n) is 4.68. The molecule has 248 valence electrons. The normalized spacial score (nSPS) is 11.6. The lowest BCUT2D eigenvalue weighted by Gasteiger charge is -2.18. The predicted molar refractivity (Wildman–Crippen MR) is 194 cm³/mol. The summed E-state index contributed by atoms with van der Waals surface area (Å²) in [4.78, 5) is 40.9. The second-order valence-electron chi connectivity index (χ2n) is 10.5. The summed E-state index contributed by atoms with van der Waals surface area (Å²) in [6.45, 7) is 0. The topological polar surface area (TPSA) is 106 Å². The number of thioether (sulfide) groups is 1. The molecule has 0 fully saturated rings. The van der Waals surface area contributed by atoms with E-state index in [1.54, 1.807) is 78.9 Å². The van der Waals surface area contributed by atoms with Gasteiger partial charge in [-0.25, -0.2) is 4.39 Å². The van der Waals surface area contributed by atoms with Crippen molar-refractivity contribution in [1.29, 1.82) is 0 Å². The molecule has 0 spiro atoms. The van der Waals surface area contributed by atoms with E-state index in [0.717, 1.165) is 10.5 Å². The van der Waals surface area contributed by atoms with Gasteiger partial charge in [-0.05, 0) is 78.4 Å². The van der Waals surface area contributed by atoms with E-state index in [4.69, 9.17) is 9.47 Å². The van der Waals surface area contributed by atoms with Gasteiger partial charge in [0.1, 0.15) is 28.3 Å². The van der Waals surface area contributed by atoms with Crippen LogP contribution in [0.15, 0.2) is 136 Å². The molecule has 11 heteroatoms. The van der Waals surface area contributed by atoms with Crippen molar-refractivity contribution < 1.29 is 28.2 Å². The molecular weight excluding hydrogens is 709 g/mol. The highest BCUT2D eigenvalue weighted by Crippen LogP contribution is 2.37. The lowest BCUT2D eigenvalue weighted by Crippen LogP contribution is -2.30. The number of halogens is 2. The summed E-state index contributed by atoms with van der Waals surface area (Å²) in [5.74, 6) is -0.972. The average molecular weight is 741 g/mol. The molecule has 0 aromatic heterocycles. The van der Waals surface area contributed by atoms with E-state index in [0.29, 0.717) is 32.8 Å². The first-order valence-corrected chi connectivity index (χ1v) is 16.6. The molecule has 5 aromatic rings. The van der Waals surface area contributed by atoms with Gasteiger partial charge in [-0.2, -0.15) is 0 Å². The van der Waals surface area contributed by atoms with E-state index in [9.17, 15) is 18.8 Å². The molecule has 0 aliphatic carbocycles. The summed E-state index contributed by atoms with van der Waals surface area (Å²) in [5, 5.41) is 7.56. The van der Waals surface area contributed by atoms with Gasteiger partial charge in [-0.3, -0.25) is 14.4 Å². The van der Waals surface area contributed by atoms with Gasteiger partial charge in [0.05, 0.1) is 19.9 Å². The molecule has 0 aliphatic heterocycles. The van der Waals surface area contributed by atoms with E-state index in [1.165, 1.54) is 44.2 Å². The summed E-state index contributed by atoms with van der Waals surface area (Å²) >= 11 is 4.51. The SMILES string of the molecule is COc1ccc(/C=C(\NC(=O)c2ccccc2)C(=O)Nc2ccc(SC(C(=O)Nc3ccc(Br)cc3F)c3ccccc3)cc2)c(OC)c1. The summed E-state index contributed by atoms with van der Waals surface area (Å²) in [6.07, 6.45) is 1.52. The van der Waals surface area contributed by atoms with Gasteiger partial charge in [0, 0.05) is 32.2 Å². The minimum absolute atomic E-state index is 0.0169. The number of carbonyl (C=O) groups is 3. The van der Waals surface area contributed by atoms with Crippen LogP contribution in [0.2, 0.25) is 0 Å². The fourth-order valence-corrected chi connectivity index (χ4v) is 6.03. The van der Waals surface area contributed by atoms with Crippen molar-refractivity contribution in [3.63, 3.8) is 0 Å². The Bertz CT molecular complexity index is 1980. The molecule has 0 aliphatic rings. The average Bonchev–Trinajstić information content (AvgIpc) is 3.12. The Morgan fingerprint density at radius 3 is 2.14 bits per heavy atom. The number of hydrogen-bond donors (Lipinski definition) is 3. The standard InChI is InChI=1S/C38H31BrFN3O5S/c1-47-29-17-13-26(34(23-29)48-2)21-33(43-36(44)25-11-7-4-8-12-25)37(45)41-28-15-18-30(19-16-28)49-35(24-9-5-3-6-10-24)38(46)42-32-20-14-27(39)22-31(32)40/h3-23,35H,1-2H3,(H,41,45)(H,42,46)(H,43,44)/b33-21-. The van der Waals surface area contributed by atoms with Crippen molar-refractivity contribution in [2.24, 2.45) is 0 Å². The van der Waals surface area contributed by atoms with Crippen LogP contribution in [0.1, 0.15) is 26.7 Å². The number of hydrogen-bond acceptors (Lipinski definition) is 6. The second-order valence-corrected chi connectivity index (χ2v) is 12.6. The zero-order chi connectivity index (χ0) is 34.8. The zero-order valence-electron chi connectivity index (χ0n) is 26.4. The maximum atomic E-state index is 14.5. The molecule has 1 atom stereocenters. The van der Waals surface area contributed by atoms with Crippen molar-refractivity contribution in [1.82, 2.24) is 5.32 Å². The van der Waals surface area contributed by atoms with E-state index in [1.807, 2.05) is 30.3 Å². The van der Waals surface area contributed by atoms with E-state index >= 15 is 0 Å². The minimum atomic E-state index is -0.702. The van der Waals surface area contributed by atoms with Crippen molar-refractivity contribution in [3.8, 4) is 11.5 Å². The smallest absolute Gasteiger partial charge is 0.272 e. The van der Waals surface area contributed by atoms with Crippen molar-refractivity contribution in [2.45, 2.75) is 10.1 Å². The second kappa shape index (κ2) is 16.6. The molecule has 3 amide bonds. The number of anilines is 2. The molecule has 0 bridgehead atoms. The molecular formula is C38H31BrFN3O5S. The Kier molecular flexibility index (Phi) is 11.9. The van der Waals surface area contributed by atoms with Crippen LogP contribution < -0.4 is 25.4 Å². The number of benzene rings is 5. The number of rotatable bonds is 12. The number of nitrogens with one attached hydrogen (secondary N) is 3. The Morgan fingerprint density at radius 1 is 0.796 bits per heavy atom. The summed E-state index contributed by atoms with van der Waals surface area (Å²) < 4.78 is 25.9. The zero-order valence-corrected chi connectivity index (χ0v) is 28.8. The first-order chi connectivity index (χ1) is 23.7. The summed E-state index contributed by atoms with van der Waals surface area (Å²) in [5.41, 5.74) is 2.16. The van der Waals surface area contributed by atoms with Gasteiger partial charge in [0.25, 0.3) is 11.8 Å². The number of carbonyl (C=O) groups excluding carboxylic acids is 3. The highest BCUT2D eigenvalue weighted by atomic mass is 79.9. The largest absolute Gasteiger partial charge is 0.497 e. The lowest BCUT2D eigenvalue weighted by molar-refractivity contribution is -0.116. The highest BCUT2D eigenvalue weighted by Gasteiger charge is 2.23. The monoisotopic (exact) mass is 739 g/mol. The van der Waals surface area contributed by atoms with Crippen LogP contribution in [-0.2, 0) is 9.59 Å². The lowest BCUT2D eigenvalue weighted by atomic mass is 10.1. The Hall–Kier alpha value is -5.39. The van der Waals surface area contributed by atoms with E-state index < -0.39 is 28.8 Å². The van der Waals surface area contributed by atoms with Gasteiger partial charge in [-0.1, -0.05) is 64.5 Å². The van der Waals surface area contributed by atoms with Crippen LogP contribution in [0, 0.1) is 5.82 Å². The van der Waals surface area contributed by atoms with Gasteiger partial charge in [0.2, 0.25) is 5.91 Å². The van der Waals surface area contributed by atoms with Crippen LogP contribution in [0.5, 0.6) is 11.5 Å². The first kappa shape index (κ1) is 34.9. The van der Waals surface area contributed by atoms with Crippen LogP contribution in [-0.4, -0.2) is 31.9 Å². The van der Waals surface area contributed by atoms with E-state index in [-0.39, 0.29) is 11.4 Å². The molecule has 5 aromatic carbocycles. The van der Waals surface area contributed by atoms with Crippen molar-refractivity contribution in [3.05, 3.63) is 154 Å². The van der Waals surface area contributed by atoms with Crippen LogP contribution in [0.3, 0.4) is 0 Å². The number of amides is 3. The Morgan fingerprint density at radius 2 is 1.49 bits per heavy atom. The van der Waals surface area contributed by atoms with Gasteiger partial charge in [0.15, 0.2) is 0 Å². The molecule has 0 radical (unpaired) electrons. The van der Waals surface area contributed by atoms with Gasteiger partial charge in [-0.15, -0.1) is 11.8 Å². The maximum absolute atomic E-state index is 14.5. The van der Waals surface area contributed by atoms with Crippen molar-refractivity contribution in [2.75, 3.05) is 24.9 Å². The highest BCUT2D eigenvalue weighted by molar-refractivity contribution is 9.10. The van der Waals surface area contributed by atoms with Crippen LogP contribution in [0.25, 0.3) is 6.08 Å². The molecule has 0 saturated heterocycles. The summed E-state index contributed by atoms with van der Waals surface area (Å²) in [7, 11) is 3.04. The third-order valence-electron chi connectivity index (χ3n) is 7.16. The fraction of sp³-hybridized carbons (Fsp3) is 0.0789. The van der Waals surface area contributed by atoms with Gasteiger partial charge >= 0.3 is 0 Å². The molecule has 0 heterocycles. The quantitative estimate of drug-likeness (QED) is 0.0876. The maximum Gasteiger partial charge on any atom is 0.272 e. The molecule has 49 heavy (non-hydrogen) atoms. The first-order valence-electron chi connectivity index (χ1n) is 14.9. The summed E-state index contributed by atoms with van der Waals surface area (Å²) in [6, 6.07) is 34.2. The third-order valence-corrected chi connectivity index (χ3v) is 8.92. The minimum Gasteiger partial charge on any atom is -0.497 e. The molecule has 0 saturated carbocycles. The third kappa shape index (κ3) is 9.37. The number of ether oxygens (including phenoxy) is 2. The molecule has 5 rings (SSSR count). The predicted octanol–water partition coefficient (Wildman–Crippen LogP) is 8.49. The van der Waals surface area contributed by atoms with E-state index in [2.05, 4.69) is 31.9 Å². The molecule has 8 nitrogen and oxygen atoms in total. The Labute approximate surface area is 295 Å².